The highest BCUT2D eigenvalue weighted by Crippen LogP contribution is 2.57. The van der Waals surface area contributed by atoms with E-state index in [-0.39, 0.29) is 98.3 Å². The fraction of sp³-hybridized carbons (Fsp3) is 0.549. The second kappa shape index (κ2) is 34.5. The first-order chi connectivity index (χ1) is 49.3. The number of hydrogen-bond acceptors (Lipinski definition) is 20. The molecule has 5 aliphatic rings. The molecule has 1 saturated carbocycles. The standard InChI is InChI=1S/C71H93FN16O14/c1-81-23-24-87(70(81)96)52-7-6-20-85(42-52)58-40-76-67(68(73)95)69(79-58)78-51-12-10-47(11-13-51)48-16-21-84(22-17-48)62(92)18-25-98-27-29-100-31-33-102-34-32-101-30-28-99-26-19-74-59(89)14-15-61(91)86-45-71(46-86)37-50(38-71)66-65-53(54-36-57-49(35-55(54)72)39-77-83(57)3)8-5-9-56(65)88(80-66)44-63(93)82(2)43-60(90)75-41-64(94)97-4/h5,8-13,35-36,39-40,48,50,52H,6-7,14-34,37-38,41-46H2,1-4H3,(H2,73,95)(H,74,89)(H,75,90)(H,78,79)/t52-/m1/s1. The molecule has 4 saturated heterocycles. The number of nitrogens with two attached hydrogens (primary N) is 1. The molecule has 6 aromatic rings. The van der Waals surface area contributed by atoms with Gasteiger partial charge < -0.3 is 79.5 Å². The summed E-state index contributed by atoms with van der Waals surface area (Å²) in [5.41, 5.74) is 10.6. The van der Waals surface area contributed by atoms with Gasteiger partial charge in [0.2, 0.25) is 29.5 Å². The van der Waals surface area contributed by atoms with Crippen LogP contribution < -0.4 is 26.6 Å². The van der Waals surface area contributed by atoms with E-state index in [0.29, 0.717) is 169 Å². The van der Waals surface area contributed by atoms with Crippen LogP contribution in [-0.2, 0) is 70.8 Å². The monoisotopic (exact) mass is 1410 g/mol. The highest BCUT2D eigenvalue weighted by molar-refractivity contribution is 6.00. The van der Waals surface area contributed by atoms with Crippen molar-refractivity contribution < 1.29 is 71.2 Å². The molecule has 4 aliphatic heterocycles. The SMILES string of the molecule is COC(=O)CNC(=O)CN(C)C(=O)Cn1nc(C2CC3(C2)CN(C(=O)CCC(=O)NCCOCCOCCOCCOCCOCCC(=O)N2CCC(c4ccc(Nc5nc(N6CCC[C@@H](N7CCN(C)C7=O)C6)cnc5C(N)=O)cc4)CC2)C3)c2c(-c3cc4c(cnn4C)cc3F)cccc21. The van der Waals surface area contributed by atoms with E-state index in [1.807, 2.05) is 41.1 Å². The molecule has 0 bridgehead atoms. The molecule has 102 heavy (non-hydrogen) atoms. The lowest BCUT2D eigenvalue weighted by Gasteiger charge is -2.59. The minimum atomic E-state index is -0.688. The molecule has 30 nitrogen and oxygen atoms in total. The number of anilines is 3. The van der Waals surface area contributed by atoms with Crippen molar-refractivity contribution in [1.29, 1.82) is 0 Å². The van der Waals surface area contributed by atoms with Gasteiger partial charge in [0.1, 0.15) is 24.7 Å². The van der Waals surface area contributed by atoms with Crippen LogP contribution in [0.1, 0.15) is 91.4 Å². The molecule has 3 aromatic carbocycles. The third-order valence-corrected chi connectivity index (χ3v) is 19.8. The van der Waals surface area contributed by atoms with E-state index < -0.39 is 29.5 Å². The second-order valence-corrected chi connectivity index (χ2v) is 26.9. The number of piperidine rings is 2. The first kappa shape index (κ1) is 73.8. The van der Waals surface area contributed by atoms with Gasteiger partial charge in [-0.3, -0.25) is 42.9 Å². The van der Waals surface area contributed by atoms with Crippen LogP contribution in [0.5, 0.6) is 0 Å². The largest absolute Gasteiger partial charge is 0.468 e. The van der Waals surface area contributed by atoms with Crippen LogP contribution in [0.4, 0.5) is 26.5 Å². The highest BCUT2D eigenvalue weighted by atomic mass is 19.1. The molecule has 3 aromatic heterocycles. The Morgan fingerprint density at radius 2 is 1.41 bits per heavy atom. The molecule has 0 radical (unpaired) electrons. The summed E-state index contributed by atoms with van der Waals surface area (Å²) in [6, 6.07) is 16.8. The summed E-state index contributed by atoms with van der Waals surface area (Å²) in [6.07, 6.45) is 8.49. The molecule has 7 heterocycles. The molecule has 0 unspecified atom stereocenters. The molecule has 1 atom stereocenters. The molecule has 1 spiro atoms. The minimum absolute atomic E-state index is 0.0428. The topological polar surface area (TPSA) is 335 Å². The molecule has 8 amide bonds. The number of nitrogens with one attached hydrogen (secondary N) is 3. The maximum atomic E-state index is 16.0. The number of carbonyl (C=O) groups is 8. The van der Waals surface area contributed by atoms with E-state index in [0.717, 1.165) is 43.4 Å². The Kier molecular flexibility index (Phi) is 24.9. The number of rotatable bonds is 35. The van der Waals surface area contributed by atoms with Crippen molar-refractivity contribution in [2.45, 2.75) is 82.2 Å². The van der Waals surface area contributed by atoms with Crippen molar-refractivity contribution in [2.24, 2.45) is 18.2 Å². The first-order valence-electron chi connectivity index (χ1n) is 35.0. The van der Waals surface area contributed by atoms with Crippen molar-refractivity contribution in [3.8, 4) is 11.1 Å². The number of methoxy groups -OCH3 is 1. The van der Waals surface area contributed by atoms with Gasteiger partial charge in [-0.05, 0) is 85.9 Å². The number of esters is 1. The van der Waals surface area contributed by atoms with Gasteiger partial charge in [-0.15, -0.1) is 0 Å². The lowest BCUT2D eigenvalue weighted by Crippen LogP contribution is -2.63. The predicted molar refractivity (Wildman–Crippen MR) is 373 cm³/mol. The van der Waals surface area contributed by atoms with Crippen molar-refractivity contribution in [1.82, 2.24) is 64.7 Å². The Morgan fingerprint density at radius 3 is 2.09 bits per heavy atom. The maximum absolute atomic E-state index is 16.0. The summed E-state index contributed by atoms with van der Waals surface area (Å²) >= 11 is 0. The van der Waals surface area contributed by atoms with Gasteiger partial charge in [0.25, 0.3) is 5.91 Å². The van der Waals surface area contributed by atoms with E-state index in [4.69, 9.17) is 39.5 Å². The fourth-order valence-electron chi connectivity index (χ4n) is 14.2. The number of carbonyl (C=O) groups excluding carboxylic acids is 8. The van der Waals surface area contributed by atoms with Crippen LogP contribution >= 0.6 is 0 Å². The molecule has 5 fully saturated rings. The second-order valence-electron chi connectivity index (χ2n) is 26.9. The Hall–Kier alpha value is -9.43. The minimum Gasteiger partial charge on any atom is -0.468 e. The molecule has 11 rings (SSSR count). The number of ether oxygens (including phenoxy) is 6. The van der Waals surface area contributed by atoms with Crippen LogP contribution in [0.15, 0.2) is 67.0 Å². The number of amides is 8. The number of halogens is 1. The number of aryl methyl sites for hydroxylation is 1. The Labute approximate surface area is 590 Å². The summed E-state index contributed by atoms with van der Waals surface area (Å²) < 4.78 is 52.0. The van der Waals surface area contributed by atoms with Gasteiger partial charge >= 0.3 is 12.0 Å². The summed E-state index contributed by atoms with van der Waals surface area (Å²) in [4.78, 5) is 122. The van der Waals surface area contributed by atoms with Crippen molar-refractivity contribution in [2.75, 3.05) is 169 Å². The number of aromatic nitrogens is 6. The van der Waals surface area contributed by atoms with E-state index in [9.17, 15) is 38.4 Å². The number of urea groups is 1. The van der Waals surface area contributed by atoms with Crippen LogP contribution in [0, 0.1) is 11.2 Å². The van der Waals surface area contributed by atoms with Gasteiger partial charge in [0.05, 0.1) is 121 Å². The smallest absolute Gasteiger partial charge is 0.325 e. The first-order valence-corrected chi connectivity index (χ1v) is 35.0. The van der Waals surface area contributed by atoms with E-state index in [1.165, 1.54) is 30.7 Å². The Morgan fingerprint density at radius 1 is 0.725 bits per heavy atom. The maximum Gasteiger partial charge on any atom is 0.325 e. The Balaban J connectivity index is 0.497. The van der Waals surface area contributed by atoms with E-state index in [2.05, 4.69) is 47.8 Å². The molecule has 548 valence electrons. The van der Waals surface area contributed by atoms with Gasteiger partial charge in [-0.25, -0.2) is 19.2 Å². The number of likely N-dealkylation sites (N-methyl/N-ethyl adjacent to an activating group) is 2. The third-order valence-electron chi connectivity index (χ3n) is 19.8. The van der Waals surface area contributed by atoms with Crippen LogP contribution in [0.25, 0.3) is 32.9 Å². The van der Waals surface area contributed by atoms with Gasteiger partial charge in [0, 0.05) is 126 Å². The van der Waals surface area contributed by atoms with Crippen molar-refractivity contribution in [3.05, 3.63) is 89.8 Å². The summed E-state index contributed by atoms with van der Waals surface area (Å²) in [6.45, 7) is 8.15. The normalized spacial score (nSPS) is 16.9. The fourth-order valence-corrected chi connectivity index (χ4v) is 14.2. The Bertz CT molecular complexity index is 3960. The van der Waals surface area contributed by atoms with Gasteiger partial charge in [-0.2, -0.15) is 10.2 Å². The quantitative estimate of drug-likeness (QED) is 0.0323. The lowest BCUT2D eigenvalue weighted by molar-refractivity contribution is -0.152. The third kappa shape index (κ3) is 18.4. The van der Waals surface area contributed by atoms with Crippen molar-refractivity contribution >= 4 is 86.6 Å². The number of benzene rings is 3. The van der Waals surface area contributed by atoms with E-state index in [1.54, 1.807) is 50.7 Å². The molecular weight excluding hydrogens is 1320 g/mol. The average Bonchev–Trinajstić information content (AvgIpc) is 1.56. The lowest BCUT2D eigenvalue weighted by atomic mass is 9.56. The predicted octanol–water partition coefficient (Wildman–Crippen LogP) is 3.93. The van der Waals surface area contributed by atoms with Crippen LogP contribution in [0.3, 0.4) is 0 Å². The van der Waals surface area contributed by atoms with Crippen LogP contribution in [-0.4, -0.2) is 267 Å². The summed E-state index contributed by atoms with van der Waals surface area (Å²) in [5.74, 6) is -1.85. The van der Waals surface area contributed by atoms with Crippen molar-refractivity contribution in [3.63, 3.8) is 0 Å². The summed E-state index contributed by atoms with van der Waals surface area (Å²) in [7, 11) is 6.30. The number of primary amides is 1. The zero-order valence-electron chi connectivity index (χ0n) is 58.5. The van der Waals surface area contributed by atoms with E-state index >= 15 is 4.39 Å². The molecule has 5 N–H and O–H groups in total. The molecule has 1 aliphatic carbocycles. The van der Waals surface area contributed by atoms with Gasteiger partial charge in [-0.1, -0.05) is 24.3 Å². The van der Waals surface area contributed by atoms with Gasteiger partial charge in [0.15, 0.2) is 11.5 Å². The number of fused-ring (bicyclic) bond motifs is 2. The highest BCUT2D eigenvalue weighted by Gasteiger charge is 2.55. The zero-order valence-corrected chi connectivity index (χ0v) is 58.5. The van der Waals surface area contributed by atoms with Crippen LogP contribution in [0.2, 0.25) is 0 Å². The zero-order chi connectivity index (χ0) is 71.9. The molecule has 31 heteroatoms. The number of likely N-dealkylation sites (tertiary alicyclic amines) is 2. The number of nitrogens with zero attached hydrogens (tertiary/aromatic N) is 12. The average molecular weight is 1410 g/mol. The molecular formula is C71H93FN16O14. The summed E-state index contributed by atoms with van der Waals surface area (Å²) in [5, 5.41) is 19.2. The number of hydrogen-bond donors (Lipinski definition) is 4.